The molecule has 1 aromatic carbocycles. The fourth-order valence-corrected chi connectivity index (χ4v) is 3.49. The van der Waals surface area contributed by atoms with Crippen LogP contribution in [0.1, 0.15) is 51.7 Å². The van der Waals surface area contributed by atoms with Crippen molar-refractivity contribution < 1.29 is 19.4 Å². The van der Waals surface area contributed by atoms with Crippen molar-refractivity contribution in [3.63, 3.8) is 0 Å². The van der Waals surface area contributed by atoms with Gasteiger partial charge in [-0.1, -0.05) is 18.2 Å². The van der Waals surface area contributed by atoms with Crippen molar-refractivity contribution in [2.24, 2.45) is 5.92 Å². The summed E-state index contributed by atoms with van der Waals surface area (Å²) in [5.41, 5.74) is 0.411. The highest BCUT2D eigenvalue weighted by Gasteiger charge is 2.35. The van der Waals surface area contributed by atoms with Crippen LogP contribution in [0.4, 0.5) is 4.79 Å². The zero-order chi connectivity index (χ0) is 17.3. The third-order valence-electron chi connectivity index (χ3n) is 4.73. The Morgan fingerprint density at radius 1 is 1.25 bits per heavy atom. The molecule has 1 saturated heterocycles. The van der Waals surface area contributed by atoms with Gasteiger partial charge in [-0.2, -0.15) is 0 Å². The number of piperidine rings is 1. The Morgan fingerprint density at radius 2 is 1.92 bits per heavy atom. The van der Waals surface area contributed by atoms with Crippen molar-refractivity contribution in [1.29, 1.82) is 0 Å². The van der Waals surface area contributed by atoms with Crippen LogP contribution in [-0.2, 0) is 4.74 Å². The third-order valence-corrected chi connectivity index (χ3v) is 4.73. The van der Waals surface area contributed by atoms with E-state index in [1.54, 1.807) is 4.90 Å². The molecule has 132 valence electrons. The molecule has 1 amide bonds. The first-order valence-electron chi connectivity index (χ1n) is 8.75. The molecule has 0 bridgehead atoms. The van der Waals surface area contributed by atoms with E-state index in [1.165, 1.54) is 0 Å². The van der Waals surface area contributed by atoms with Crippen LogP contribution in [0, 0.1) is 5.92 Å². The van der Waals surface area contributed by atoms with Crippen LogP contribution in [0.5, 0.6) is 5.75 Å². The van der Waals surface area contributed by atoms with Gasteiger partial charge in [0.2, 0.25) is 0 Å². The Labute approximate surface area is 143 Å². The minimum atomic E-state index is -0.469. The predicted molar refractivity (Wildman–Crippen MR) is 91.0 cm³/mol. The van der Waals surface area contributed by atoms with Gasteiger partial charge in [-0.3, -0.25) is 0 Å². The van der Waals surface area contributed by atoms with Crippen LogP contribution in [0.3, 0.4) is 0 Å². The second-order valence-electron chi connectivity index (χ2n) is 7.75. The van der Waals surface area contributed by atoms with E-state index in [4.69, 9.17) is 9.47 Å². The molecule has 3 rings (SSSR count). The van der Waals surface area contributed by atoms with Crippen molar-refractivity contribution in [3.05, 3.63) is 29.8 Å². The standard InChI is InChI=1S/C19H27NO4/c1-19(2,3)24-18(22)20-10-8-13(9-11-20)17-12-15(21)14-6-4-5-7-16(14)23-17/h4-7,13,15,17,21H,8-12H2,1-3H3. The maximum Gasteiger partial charge on any atom is 0.410 e. The molecule has 2 heterocycles. The highest BCUT2D eigenvalue weighted by molar-refractivity contribution is 5.68. The summed E-state index contributed by atoms with van der Waals surface area (Å²) in [5, 5.41) is 10.4. The molecule has 0 aromatic heterocycles. The number of nitrogens with zero attached hydrogens (tertiary/aromatic N) is 1. The molecule has 2 aliphatic heterocycles. The van der Waals surface area contributed by atoms with Gasteiger partial charge in [0, 0.05) is 25.1 Å². The maximum atomic E-state index is 12.1. The number of likely N-dealkylation sites (tertiary alicyclic amines) is 1. The number of aliphatic hydroxyl groups is 1. The first-order chi connectivity index (χ1) is 11.3. The Morgan fingerprint density at radius 3 is 2.58 bits per heavy atom. The molecule has 5 nitrogen and oxygen atoms in total. The van der Waals surface area contributed by atoms with Crippen LogP contribution in [0.2, 0.25) is 0 Å². The average Bonchev–Trinajstić information content (AvgIpc) is 2.53. The van der Waals surface area contributed by atoms with Crippen molar-refractivity contribution in [2.75, 3.05) is 13.1 Å². The van der Waals surface area contributed by atoms with Crippen molar-refractivity contribution >= 4 is 6.09 Å². The number of aliphatic hydroxyl groups excluding tert-OH is 1. The van der Waals surface area contributed by atoms with E-state index in [2.05, 4.69) is 0 Å². The fourth-order valence-electron chi connectivity index (χ4n) is 3.49. The fraction of sp³-hybridized carbons (Fsp3) is 0.632. The number of ether oxygens (including phenoxy) is 2. The van der Waals surface area contributed by atoms with Crippen LogP contribution in [-0.4, -0.2) is 40.9 Å². The first kappa shape index (κ1) is 17.1. The number of fused-ring (bicyclic) bond motifs is 1. The van der Waals surface area contributed by atoms with Gasteiger partial charge in [-0.15, -0.1) is 0 Å². The summed E-state index contributed by atoms with van der Waals surface area (Å²) in [4.78, 5) is 13.9. The molecule has 2 aliphatic rings. The Bertz CT molecular complexity index is 587. The Balaban J connectivity index is 1.57. The number of carbonyl (C=O) groups is 1. The highest BCUT2D eigenvalue weighted by Crippen LogP contribution is 2.38. The van der Waals surface area contributed by atoms with E-state index in [0.29, 0.717) is 25.4 Å². The minimum absolute atomic E-state index is 0.00989. The number of carbonyl (C=O) groups excluding carboxylic acids is 1. The lowest BCUT2D eigenvalue weighted by Gasteiger charge is -2.39. The molecule has 2 unspecified atom stereocenters. The lowest BCUT2D eigenvalue weighted by atomic mass is 9.85. The Kier molecular flexibility index (Phi) is 4.72. The monoisotopic (exact) mass is 333 g/mol. The molecule has 5 heteroatoms. The quantitative estimate of drug-likeness (QED) is 0.854. The van der Waals surface area contributed by atoms with Crippen LogP contribution < -0.4 is 4.74 Å². The molecule has 1 N–H and O–H groups in total. The van der Waals surface area contributed by atoms with E-state index in [9.17, 15) is 9.90 Å². The largest absolute Gasteiger partial charge is 0.490 e. The van der Waals surface area contributed by atoms with Crippen molar-refractivity contribution in [3.8, 4) is 5.75 Å². The molecular formula is C19H27NO4. The first-order valence-corrected chi connectivity index (χ1v) is 8.75. The maximum absolute atomic E-state index is 12.1. The number of benzene rings is 1. The topological polar surface area (TPSA) is 59.0 Å². The number of rotatable bonds is 1. The number of para-hydroxylation sites is 1. The summed E-state index contributed by atoms with van der Waals surface area (Å²) in [5.74, 6) is 1.14. The molecule has 0 aliphatic carbocycles. The summed E-state index contributed by atoms with van der Waals surface area (Å²) in [7, 11) is 0. The highest BCUT2D eigenvalue weighted by atomic mass is 16.6. The van der Waals surface area contributed by atoms with Gasteiger partial charge >= 0.3 is 6.09 Å². The SMILES string of the molecule is CC(C)(C)OC(=O)N1CCC(C2CC(O)c3ccccc3O2)CC1. The second kappa shape index (κ2) is 6.63. The minimum Gasteiger partial charge on any atom is -0.490 e. The van der Waals surface area contributed by atoms with E-state index < -0.39 is 11.7 Å². The zero-order valence-corrected chi connectivity index (χ0v) is 14.7. The second-order valence-corrected chi connectivity index (χ2v) is 7.75. The van der Waals surface area contributed by atoms with E-state index in [1.807, 2.05) is 45.0 Å². The lowest BCUT2D eigenvalue weighted by Crippen LogP contribution is -2.45. The van der Waals surface area contributed by atoms with Crippen LogP contribution >= 0.6 is 0 Å². The summed E-state index contributed by atoms with van der Waals surface area (Å²) < 4.78 is 11.6. The van der Waals surface area contributed by atoms with Crippen LogP contribution in [0.25, 0.3) is 0 Å². The predicted octanol–water partition coefficient (Wildman–Crippen LogP) is 3.52. The van der Waals surface area contributed by atoms with Crippen molar-refractivity contribution in [1.82, 2.24) is 4.90 Å². The summed E-state index contributed by atoms with van der Waals surface area (Å²) in [6, 6.07) is 7.69. The number of hydrogen-bond acceptors (Lipinski definition) is 4. The van der Waals surface area contributed by atoms with E-state index in [-0.39, 0.29) is 12.2 Å². The molecule has 2 atom stereocenters. The van der Waals surface area contributed by atoms with Crippen molar-refractivity contribution in [2.45, 2.75) is 57.8 Å². The molecule has 24 heavy (non-hydrogen) atoms. The lowest BCUT2D eigenvalue weighted by molar-refractivity contribution is -0.00404. The van der Waals surface area contributed by atoms with Gasteiger partial charge in [0.15, 0.2) is 0 Å². The van der Waals surface area contributed by atoms with Gasteiger partial charge in [0.1, 0.15) is 17.5 Å². The van der Waals surface area contributed by atoms with Crippen LogP contribution in [0.15, 0.2) is 24.3 Å². The Hall–Kier alpha value is -1.75. The molecule has 1 aromatic rings. The number of amides is 1. The molecular weight excluding hydrogens is 306 g/mol. The number of hydrogen-bond donors (Lipinski definition) is 1. The van der Waals surface area contributed by atoms with Gasteiger partial charge in [-0.25, -0.2) is 4.79 Å². The normalized spacial score (nSPS) is 24.9. The molecule has 1 fully saturated rings. The van der Waals surface area contributed by atoms with E-state index in [0.717, 1.165) is 24.2 Å². The van der Waals surface area contributed by atoms with Gasteiger partial charge in [0.05, 0.1) is 6.10 Å². The van der Waals surface area contributed by atoms with Gasteiger partial charge in [0.25, 0.3) is 0 Å². The molecule has 0 spiro atoms. The smallest absolute Gasteiger partial charge is 0.410 e. The van der Waals surface area contributed by atoms with Gasteiger partial charge < -0.3 is 19.5 Å². The summed E-state index contributed by atoms with van der Waals surface area (Å²) in [6.07, 6.45) is 1.67. The average molecular weight is 333 g/mol. The van der Waals surface area contributed by atoms with Gasteiger partial charge in [-0.05, 0) is 45.6 Å². The molecule has 0 saturated carbocycles. The van der Waals surface area contributed by atoms with E-state index >= 15 is 0 Å². The summed E-state index contributed by atoms with van der Waals surface area (Å²) >= 11 is 0. The third kappa shape index (κ3) is 3.83. The summed E-state index contributed by atoms with van der Waals surface area (Å²) in [6.45, 7) is 7.00. The zero-order valence-electron chi connectivity index (χ0n) is 14.7. The molecule has 0 radical (unpaired) electrons.